The second-order valence-corrected chi connectivity index (χ2v) is 6.24. The molecular weight excluding hydrogens is 328 g/mol. The van der Waals surface area contributed by atoms with Gasteiger partial charge in [-0.1, -0.05) is 18.2 Å². The number of para-hydroxylation sites is 1. The Bertz CT molecular complexity index is 1150. The van der Waals surface area contributed by atoms with Gasteiger partial charge >= 0.3 is 0 Å². The van der Waals surface area contributed by atoms with Gasteiger partial charge < -0.3 is 4.98 Å². The molecule has 2 amide bonds. The summed E-state index contributed by atoms with van der Waals surface area (Å²) in [4.78, 5) is 34.5. The summed E-state index contributed by atoms with van der Waals surface area (Å²) in [6, 6.07) is 13.4. The van der Waals surface area contributed by atoms with E-state index in [9.17, 15) is 9.59 Å². The van der Waals surface area contributed by atoms with Crippen LogP contribution >= 0.6 is 0 Å². The van der Waals surface area contributed by atoms with E-state index in [2.05, 4.69) is 9.97 Å². The topological polar surface area (TPSA) is 71.0 Å². The van der Waals surface area contributed by atoms with Crippen molar-refractivity contribution < 1.29 is 9.59 Å². The van der Waals surface area contributed by atoms with Crippen LogP contribution in [0.1, 0.15) is 5.56 Å². The summed E-state index contributed by atoms with van der Waals surface area (Å²) in [7, 11) is 1.51. The summed E-state index contributed by atoms with van der Waals surface area (Å²) in [5.74, 6) is -0.647. The van der Waals surface area contributed by atoms with Gasteiger partial charge in [0, 0.05) is 47.5 Å². The number of hydrogen-bond acceptors (Lipinski definition) is 3. The maximum absolute atomic E-state index is 12.9. The number of hydrogen-bond donors (Lipinski definition) is 1. The lowest BCUT2D eigenvalue weighted by Crippen LogP contribution is -2.27. The summed E-state index contributed by atoms with van der Waals surface area (Å²) in [6.45, 7) is 0. The molecule has 0 saturated carbocycles. The van der Waals surface area contributed by atoms with Crippen LogP contribution in [-0.2, 0) is 9.59 Å². The number of imide groups is 1. The van der Waals surface area contributed by atoms with Crippen LogP contribution < -0.4 is 0 Å². The van der Waals surface area contributed by atoms with Crippen LogP contribution in [0.25, 0.3) is 33.2 Å². The highest BCUT2D eigenvalue weighted by Crippen LogP contribution is 2.36. The van der Waals surface area contributed by atoms with E-state index in [0.29, 0.717) is 16.9 Å². The van der Waals surface area contributed by atoms with Gasteiger partial charge in [0.05, 0.1) is 5.57 Å². The van der Waals surface area contributed by atoms with Gasteiger partial charge in [0.1, 0.15) is 11.3 Å². The molecule has 26 heavy (non-hydrogen) atoms. The molecule has 4 heterocycles. The van der Waals surface area contributed by atoms with Crippen LogP contribution in [0.2, 0.25) is 0 Å². The molecule has 0 atom stereocenters. The van der Waals surface area contributed by atoms with E-state index < -0.39 is 0 Å². The van der Waals surface area contributed by atoms with E-state index in [1.165, 1.54) is 7.05 Å². The zero-order valence-corrected chi connectivity index (χ0v) is 13.9. The van der Waals surface area contributed by atoms with Gasteiger partial charge in [0.25, 0.3) is 11.8 Å². The molecule has 6 heteroatoms. The molecule has 1 aromatic carbocycles. The number of nitrogens with zero attached hydrogens (tertiary/aromatic N) is 3. The van der Waals surface area contributed by atoms with Crippen molar-refractivity contribution in [2.75, 3.05) is 7.05 Å². The number of rotatable bonds is 2. The highest BCUT2D eigenvalue weighted by atomic mass is 16.2. The monoisotopic (exact) mass is 342 g/mol. The molecule has 3 aromatic heterocycles. The van der Waals surface area contributed by atoms with E-state index in [0.717, 1.165) is 26.8 Å². The Balaban J connectivity index is 1.86. The SMILES string of the molecule is CN1C(=O)C(c2c[nH]c3ccccc23)=C(n2ccc3cccnc32)C1=O. The minimum atomic E-state index is -0.335. The molecule has 0 radical (unpaired) electrons. The zero-order valence-electron chi connectivity index (χ0n) is 13.9. The normalized spacial score (nSPS) is 15.0. The number of H-pyrrole nitrogens is 1. The molecule has 6 nitrogen and oxygen atoms in total. The number of carbonyl (C=O) groups is 2. The first kappa shape index (κ1) is 14.7. The third-order valence-electron chi connectivity index (χ3n) is 4.81. The second-order valence-electron chi connectivity index (χ2n) is 6.24. The predicted molar refractivity (Wildman–Crippen MR) is 98.9 cm³/mol. The molecule has 5 rings (SSSR count). The molecule has 0 unspecified atom stereocenters. The van der Waals surface area contributed by atoms with Gasteiger partial charge in [-0.25, -0.2) is 4.98 Å². The molecule has 0 aliphatic carbocycles. The molecule has 126 valence electrons. The van der Waals surface area contributed by atoms with Gasteiger partial charge in [-0.15, -0.1) is 0 Å². The minimum Gasteiger partial charge on any atom is -0.361 e. The first-order chi connectivity index (χ1) is 12.7. The molecule has 0 saturated heterocycles. The Kier molecular flexibility index (Phi) is 2.91. The van der Waals surface area contributed by atoms with Crippen LogP contribution in [0.3, 0.4) is 0 Å². The average molecular weight is 342 g/mol. The van der Waals surface area contributed by atoms with Gasteiger partial charge in [-0.3, -0.25) is 19.1 Å². The summed E-state index contributed by atoms with van der Waals surface area (Å²) in [6.07, 6.45) is 5.24. The van der Waals surface area contributed by atoms with Gasteiger partial charge in [-0.05, 0) is 24.3 Å². The number of carbonyl (C=O) groups excluding carboxylic acids is 2. The van der Waals surface area contributed by atoms with Crippen molar-refractivity contribution in [2.45, 2.75) is 0 Å². The van der Waals surface area contributed by atoms with Crippen LogP contribution in [-0.4, -0.2) is 38.3 Å². The molecule has 0 fully saturated rings. The van der Waals surface area contributed by atoms with E-state index in [1.807, 2.05) is 42.5 Å². The third kappa shape index (κ3) is 1.84. The standard InChI is InChI=1S/C20H14N4O2/c1-23-19(25)16(14-11-22-15-7-3-2-6-13(14)15)17(20(23)26)24-10-8-12-5-4-9-21-18(12)24/h2-11,22H,1H3. The number of likely N-dealkylation sites (N-methyl/N-ethyl adjacent to an activating group) is 1. The van der Waals surface area contributed by atoms with Crippen LogP contribution in [0.5, 0.6) is 0 Å². The molecule has 1 aliphatic heterocycles. The van der Waals surface area contributed by atoms with E-state index in [1.54, 1.807) is 23.2 Å². The number of nitrogens with one attached hydrogen (secondary N) is 1. The number of aromatic amines is 1. The predicted octanol–water partition coefficient (Wildman–Crippen LogP) is 2.88. The third-order valence-corrected chi connectivity index (χ3v) is 4.81. The number of aromatic nitrogens is 3. The highest BCUT2D eigenvalue weighted by Gasteiger charge is 2.39. The smallest absolute Gasteiger partial charge is 0.278 e. The fourth-order valence-corrected chi connectivity index (χ4v) is 3.52. The van der Waals surface area contributed by atoms with Crippen LogP contribution in [0, 0.1) is 0 Å². The number of pyridine rings is 1. The van der Waals surface area contributed by atoms with Crippen molar-refractivity contribution in [3.8, 4) is 0 Å². The molecule has 0 bridgehead atoms. The van der Waals surface area contributed by atoms with E-state index in [-0.39, 0.29) is 11.8 Å². The maximum Gasteiger partial charge on any atom is 0.278 e. The van der Waals surface area contributed by atoms with Crippen LogP contribution in [0.15, 0.2) is 61.1 Å². The summed E-state index contributed by atoms with van der Waals surface area (Å²) < 4.78 is 1.70. The fraction of sp³-hybridized carbons (Fsp3) is 0.0500. The van der Waals surface area contributed by atoms with Crippen molar-refractivity contribution in [1.29, 1.82) is 0 Å². The number of fused-ring (bicyclic) bond motifs is 2. The largest absolute Gasteiger partial charge is 0.361 e. The Hall–Kier alpha value is -3.67. The molecule has 1 aliphatic rings. The maximum atomic E-state index is 12.9. The second kappa shape index (κ2) is 5.16. The average Bonchev–Trinajstić information content (AvgIpc) is 3.33. The van der Waals surface area contributed by atoms with Crippen LogP contribution in [0.4, 0.5) is 0 Å². The number of benzene rings is 1. The van der Waals surface area contributed by atoms with Crippen molar-refractivity contribution in [1.82, 2.24) is 19.4 Å². The number of amides is 2. The van der Waals surface area contributed by atoms with E-state index in [4.69, 9.17) is 0 Å². The zero-order chi connectivity index (χ0) is 17.8. The Morgan fingerprint density at radius 1 is 1.00 bits per heavy atom. The van der Waals surface area contributed by atoms with E-state index >= 15 is 0 Å². The first-order valence-electron chi connectivity index (χ1n) is 8.22. The van der Waals surface area contributed by atoms with Crippen molar-refractivity contribution in [3.05, 3.63) is 66.6 Å². The van der Waals surface area contributed by atoms with Gasteiger partial charge in [0.2, 0.25) is 0 Å². The lowest BCUT2D eigenvalue weighted by atomic mass is 10.0. The Morgan fingerprint density at radius 2 is 1.85 bits per heavy atom. The lowest BCUT2D eigenvalue weighted by molar-refractivity contribution is -0.134. The summed E-state index contributed by atoms with van der Waals surface area (Å²) >= 11 is 0. The fourth-order valence-electron chi connectivity index (χ4n) is 3.52. The summed E-state index contributed by atoms with van der Waals surface area (Å²) in [5.41, 5.74) is 3.00. The quantitative estimate of drug-likeness (QED) is 0.570. The molecule has 4 aromatic rings. The Morgan fingerprint density at radius 3 is 2.73 bits per heavy atom. The molecule has 0 spiro atoms. The molecule has 1 N–H and O–H groups in total. The van der Waals surface area contributed by atoms with Crippen molar-refractivity contribution >= 4 is 45.0 Å². The minimum absolute atomic E-state index is 0.312. The summed E-state index contributed by atoms with van der Waals surface area (Å²) in [5, 5.41) is 1.81. The lowest BCUT2D eigenvalue weighted by Gasteiger charge is -2.07. The van der Waals surface area contributed by atoms with Gasteiger partial charge in [0.15, 0.2) is 0 Å². The van der Waals surface area contributed by atoms with Crippen molar-refractivity contribution in [3.63, 3.8) is 0 Å². The van der Waals surface area contributed by atoms with Gasteiger partial charge in [-0.2, -0.15) is 0 Å². The molecular formula is C20H14N4O2. The highest BCUT2D eigenvalue weighted by molar-refractivity contribution is 6.47. The first-order valence-corrected chi connectivity index (χ1v) is 8.22. The van der Waals surface area contributed by atoms with Crippen molar-refractivity contribution in [2.24, 2.45) is 0 Å². The Labute approximate surface area is 148 Å².